The zero-order valence-corrected chi connectivity index (χ0v) is 9.49. The van der Waals surface area contributed by atoms with E-state index in [4.69, 9.17) is 4.74 Å². The van der Waals surface area contributed by atoms with Gasteiger partial charge in [0.15, 0.2) is 0 Å². The summed E-state index contributed by atoms with van der Waals surface area (Å²) in [4.78, 5) is 0. The Morgan fingerprint density at radius 3 is 2.47 bits per heavy atom. The van der Waals surface area contributed by atoms with Gasteiger partial charge in [-0.25, -0.2) is 0 Å². The smallest absolute Gasteiger partial charge is 0.118 e. The molecule has 1 fully saturated rings. The van der Waals surface area contributed by atoms with E-state index in [1.807, 2.05) is 12.1 Å². The number of nitrogens with one attached hydrogen (secondary N) is 1. The van der Waals surface area contributed by atoms with Crippen molar-refractivity contribution >= 4 is 0 Å². The minimum atomic E-state index is 0.503. The fraction of sp³-hybridized carbons (Fsp3) is 0.538. The summed E-state index contributed by atoms with van der Waals surface area (Å²) in [5.41, 5.74) is 1.37. The third-order valence-corrected chi connectivity index (χ3v) is 2.94. The van der Waals surface area contributed by atoms with Crippen molar-refractivity contribution < 1.29 is 4.74 Å². The monoisotopic (exact) mass is 205 g/mol. The van der Waals surface area contributed by atoms with Gasteiger partial charge < -0.3 is 10.1 Å². The van der Waals surface area contributed by atoms with Crippen LogP contribution in [-0.2, 0) is 0 Å². The van der Waals surface area contributed by atoms with Gasteiger partial charge in [-0.3, -0.25) is 0 Å². The fourth-order valence-corrected chi connectivity index (χ4v) is 1.82. The predicted octanol–water partition coefficient (Wildman–Crippen LogP) is 2.90. The van der Waals surface area contributed by atoms with Crippen molar-refractivity contribution in [3.63, 3.8) is 0 Å². The van der Waals surface area contributed by atoms with Crippen LogP contribution in [0.1, 0.15) is 37.8 Å². The van der Waals surface area contributed by atoms with Crippen molar-refractivity contribution in [2.75, 3.05) is 7.11 Å². The van der Waals surface area contributed by atoms with Gasteiger partial charge >= 0.3 is 0 Å². The molecule has 1 aromatic rings. The van der Waals surface area contributed by atoms with Crippen molar-refractivity contribution in [2.24, 2.45) is 0 Å². The first-order valence-corrected chi connectivity index (χ1v) is 5.73. The van der Waals surface area contributed by atoms with Crippen LogP contribution >= 0.6 is 0 Å². The van der Waals surface area contributed by atoms with Gasteiger partial charge in [0.1, 0.15) is 5.75 Å². The molecule has 1 aliphatic carbocycles. The molecule has 1 aliphatic rings. The van der Waals surface area contributed by atoms with Crippen LogP contribution in [0.4, 0.5) is 0 Å². The molecule has 1 saturated carbocycles. The molecule has 0 unspecified atom stereocenters. The lowest BCUT2D eigenvalue weighted by atomic mass is 10.0. The molecule has 0 spiro atoms. The molecule has 0 aliphatic heterocycles. The molecule has 1 atom stereocenters. The minimum Gasteiger partial charge on any atom is -0.497 e. The van der Waals surface area contributed by atoms with E-state index in [9.17, 15) is 0 Å². The maximum atomic E-state index is 5.16. The van der Waals surface area contributed by atoms with Gasteiger partial charge in [0, 0.05) is 12.1 Å². The summed E-state index contributed by atoms with van der Waals surface area (Å²) in [7, 11) is 1.70. The lowest BCUT2D eigenvalue weighted by molar-refractivity contribution is 0.414. The third kappa shape index (κ3) is 2.72. The third-order valence-electron chi connectivity index (χ3n) is 2.94. The summed E-state index contributed by atoms with van der Waals surface area (Å²) in [6.45, 7) is 2.23. The van der Waals surface area contributed by atoms with E-state index < -0.39 is 0 Å². The van der Waals surface area contributed by atoms with E-state index >= 15 is 0 Å². The standard InChI is InChI=1S/C13H19NO/c1-3-13(14-11-6-7-11)10-4-8-12(15-2)9-5-10/h4-5,8-9,11,13-14H,3,6-7H2,1-2H3/t13-/m0/s1. The maximum Gasteiger partial charge on any atom is 0.118 e. The van der Waals surface area contributed by atoms with Gasteiger partial charge in [-0.15, -0.1) is 0 Å². The van der Waals surface area contributed by atoms with Gasteiger partial charge in [0.05, 0.1) is 7.11 Å². The van der Waals surface area contributed by atoms with E-state index in [-0.39, 0.29) is 0 Å². The fourth-order valence-electron chi connectivity index (χ4n) is 1.82. The lowest BCUT2D eigenvalue weighted by Gasteiger charge is -2.17. The summed E-state index contributed by atoms with van der Waals surface area (Å²) in [5.74, 6) is 0.931. The van der Waals surface area contributed by atoms with E-state index in [0.717, 1.165) is 18.2 Å². The molecule has 2 nitrogen and oxygen atoms in total. The summed E-state index contributed by atoms with van der Waals surface area (Å²) < 4.78 is 5.16. The van der Waals surface area contributed by atoms with Crippen LogP contribution in [0.25, 0.3) is 0 Å². The number of benzene rings is 1. The van der Waals surface area contributed by atoms with Crippen LogP contribution in [-0.4, -0.2) is 13.2 Å². The summed E-state index contributed by atoms with van der Waals surface area (Å²) in [6, 6.07) is 9.64. The largest absolute Gasteiger partial charge is 0.497 e. The molecular weight excluding hydrogens is 186 g/mol. The SMILES string of the molecule is CC[C@H](NC1CC1)c1ccc(OC)cc1. The molecule has 1 aromatic carbocycles. The van der Waals surface area contributed by atoms with Crippen LogP contribution in [0.3, 0.4) is 0 Å². The van der Waals surface area contributed by atoms with Crippen molar-refractivity contribution in [3.8, 4) is 5.75 Å². The van der Waals surface area contributed by atoms with Gasteiger partial charge in [-0.2, -0.15) is 0 Å². The Hall–Kier alpha value is -1.02. The van der Waals surface area contributed by atoms with Crippen LogP contribution in [0.5, 0.6) is 5.75 Å². The minimum absolute atomic E-state index is 0.503. The van der Waals surface area contributed by atoms with Gasteiger partial charge in [-0.05, 0) is 37.0 Å². The van der Waals surface area contributed by atoms with Crippen molar-refractivity contribution in [3.05, 3.63) is 29.8 Å². The number of methoxy groups -OCH3 is 1. The highest BCUT2D eigenvalue weighted by molar-refractivity contribution is 5.29. The molecule has 15 heavy (non-hydrogen) atoms. The van der Waals surface area contributed by atoms with E-state index in [1.54, 1.807) is 7.11 Å². The first kappa shape index (κ1) is 10.5. The van der Waals surface area contributed by atoms with Crippen molar-refractivity contribution in [1.82, 2.24) is 5.32 Å². The topological polar surface area (TPSA) is 21.3 Å². The highest BCUT2D eigenvalue weighted by Crippen LogP contribution is 2.26. The molecule has 0 bridgehead atoms. The highest BCUT2D eigenvalue weighted by Gasteiger charge is 2.24. The molecule has 0 heterocycles. The molecule has 1 N–H and O–H groups in total. The Kier molecular flexibility index (Phi) is 3.27. The van der Waals surface area contributed by atoms with Crippen LogP contribution in [0, 0.1) is 0 Å². The predicted molar refractivity (Wildman–Crippen MR) is 62.2 cm³/mol. The first-order chi connectivity index (χ1) is 7.33. The Bertz CT molecular complexity index is 303. The average Bonchev–Trinajstić information content (AvgIpc) is 3.10. The lowest BCUT2D eigenvalue weighted by Crippen LogP contribution is -2.22. The zero-order chi connectivity index (χ0) is 10.7. The second-order valence-corrected chi connectivity index (χ2v) is 4.17. The number of hydrogen-bond acceptors (Lipinski definition) is 2. The van der Waals surface area contributed by atoms with E-state index in [1.165, 1.54) is 18.4 Å². The van der Waals surface area contributed by atoms with Gasteiger partial charge in [0.25, 0.3) is 0 Å². The average molecular weight is 205 g/mol. The summed E-state index contributed by atoms with van der Waals surface area (Å²) in [6.07, 6.45) is 3.82. The summed E-state index contributed by atoms with van der Waals surface area (Å²) >= 11 is 0. The van der Waals surface area contributed by atoms with Gasteiger partial charge in [0.2, 0.25) is 0 Å². The normalized spacial score (nSPS) is 17.5. The molecule has 2 heteroatoms. The van der Waals surface area contributed by atoms with E-state index in [2.05, 4.69) is 24.4 Å². The van der Waals surface area contributed by atoms with Crippen molar-refractivity contribution in [1.29, 1.82) is 0 Å². The molecular formula is C13H19NO. The quantitative estimate of drug-likeness (QED) is 0.798. The summed E-state index contributed by atoms with van der Waals surface area (Å²) in [5, 5.41) is 3.65. The Balaban J connectivity index is 2.03. The first-order valence-electron chi connectivity index (χ1n) is 5.73. The van der Waals surface area contributed by atoms with E-state index in [0.29, 0.717) is 6.04 Å². The molecule has 0 saturated heterocycles. The Morgan fingerprint density at radius 2 is 2.00 bits per heavy atom. The molecule has 0 aromatic heterocycles. The molecule has 0 radical (unpaired) electrons. The number of ether oxygens (including phenoxy) is 1. The highest BCUT2D eigenvalue weighted by atomic mass is 16.5. The van der Waals surface area contributed by atoms with Crippen LogP contribution < -0.4 is 10.1 Å². The zero-order valence-electron chi connectivity index (χ0n) is 9.49. The Morgan fingerprint density at radius 1 is 1.33 bits per heavy atom. The van der Waals surface area contributed by atoms with Crippen molar-refractivity contribution in [2.45, 2.75) is 38.3 Å². The van der Waals surface area contributed by atoms with Gasteiger partial charge in [-0.1, -0.05) is 19.1 Å². The Labute approximate surface area is 91.6 Å². The molecule has 82 valence electrons. The van der Waals surface area contributed by atoms with Crippen LogP contribution in [0.2, 0.25) is 0 Å². The second-order valence-electron chi connectivity index (χ2n) is 4.17. The molecule has 0 amide bonds. The number of rotatable bonds is 5. The second kappa shape index (κ2) is 4.67. The molecule has 2 rings (SSSR count). The number of hydrogen-bond donors (Lipinski definition) is 1. The maximum absolute atomic E-state index is 5.16. The van der Waals surface area contributed by atoms with Crippen LogP contribution in [0.15, 0.2) is 24.3 Å².